The van der Waals surface area contributed by atoms with Gasteiger partial charge in [-0.3, -0.25) is 0 Å². The second kappa shape index (κ2) is 17.5. The number of nitrogens with zero attached hydrogens (tertiary/aromatic N) is 2. The van der Waals surface area contributed by atoms with Crippen LogP contribution in [0.15, 0.2) is 131 Å². The first kappa shape index (κ1) is 44.1. The molecule has 0 aliphatic carbocycles. The molecule has 0 unspecified atom stereocenters. The third-order valence-electron chi connectivity index (χ3n) is 7.74. The minimum Gasteiger partial charge on any atom is -0.741 e. The fourth-order valence-corrected chi connectivity index (χ4v) is 5.11. The average molecular weight is 848 g/mol. The number of alkyl halides is 6. The summed E-state index contributed by atoms with van der Waals surface area (Å²) in [5, 5.41) is 0. The van der Waals surface area contributed by atoms with Crippen molar-refractivity contribution in [3.8, 4) is 0 Å². The molecule has 4 aromatic carbocycles. The zero-order valence-corrected chi connectivity index (χ0v) is 30.5. The summed E-state index contributed by atoms with van der Waals surface area (Å²) < 4.78 is 131. The summed E-state index contributed by atoms with van der Waals surface area (Å²) in [5.74, 6) is 1.30. The fraction of sp³-hybridized carbons (Fsp3) is 0.257. The number of rotatable bonds is 6. The molecule has 6 rings (SSSR count). The minimum atomic E-state index is -6.09. The molecule has 0 N–H and O–H groups in total. The molecule has 1 radical (unpaired) electrons. The predicted molar refractivity (Wildman–Crippen MR) is 179 cm³/mol. The molecule has 4 atom stereocenters. The Hall–Kier alpha value is -4.26. The van der Waals surface area contributed by atoms with Crippen molar-refractivity contribution in [3.63, 3.8) is 0 Å². The molecule has 0 aromatic heterocycles. The van der Waals surface area contributed by atoms with Crippen molar-refractivity contribution in [1.82, 2.24) is 0 Å². The second-order valence-corrected chi connectivity index (χ2v) is 14.6. The van der Waals surface area contributed by atoms with E-state index in [0.717, 1.165) is 22.3 Å². The van der Waals surface area contributed by atoms with Gasteiger partial charge >= 0.3 is 28.1 Å². The molecule has 4 aromatic rings. The Bertz CT molecular complexity index is 1960. The molecule has 0 saturated heterocycles. The van der Waals surface area contributed by atoms with Crippen molar-refractivity contribution in [3.05, 3.63) is 144 Å². The van der Waals surface area contributed by atoms with Gasteiger partial charge in [-0.15, -0.1) is 0 Å². The SMILES string of the molecule is CC(C)(C1=N[C@H](c2ccccc2)[C@H](c2ccccc2)O1)C1=N[C@H](c2ccccc2)[C@H](c2ccccc2)O1.O=S(=O)([O-])C(F)(F)F.O=S(=O)([O-])C(F)(F)F.[Cu+2]. The van der Waals surface area contributed by atoms with Crippen molar-refractivity contribution in [2.75, 3.05) is 0 Å². The van der Waals surface area contributed by atoms with E-state index in [1.807, 2.05) is 48.5 Å². The van der Waals surface area contributed by atoms with E-state index < -0.39 is 36.7 Å². The van der Waals surface area contributed by atoms with E-state index in [9.17, 15) is 26.3 Å². The molecular weight excluding hydrogens is 818 g/mol. The van der Waals surface area contributed by atoms with Crippen LogP contribution >= 0.6 is 0 Å². The summed E-state index contributed by atoms with van der Waals surface area (Å²) in [6.07, 6.45) is -0.426. The first-order valence-corrected chi connectivity index (χ1v) is 18.2. The van der Waals surface area contributed by atoms with Gasteiger partial charge in [0.05, 0.1) is 0 Å². The van der Waals surface area contributed by atoms with Crippen molar-refractivity contribution in [2.45, 2.75) is 49.2 Å². The maximum atomic E-state index is 10.7. The summed E-state index contributed by atoms with van der Waals surface area (Å²) in [6.45, 7) is 4.19. The number of halogens is 6. The van der Waals surface area contributed by atoms with Gasteiger partial charge < -0.3 is 18.6 Å². The molecule has 0 fully saturated rings. The van der Waals surface area contributed by atoms with E-state index >= 15 is 0 Å². The van der Waals surface area contributed by atoms with Crippen LogP contribution in [-0.4, -0.2) is 48.8 Å². The quantitative estimate of drug-likeness (QED) is 0.0820. The zero-order chi connectivity index (χ0) is 39.2. The first-order valence-electron chi connectivity index (χ1n) is 15.3. The maximum absolute atomic E-state index is 10.7. The number of ether oxygens (including phenoxy) is 2. The Morgan fingerprint density at radius 2 is 0.722 bits per heavy atom. The van der Waals surface area contributed by atoms with Crippen LogP contribution in [0, 0.1) is 5.41 Å². The summed E-state index contributed by atoms with van der Waals surface area (Å²) in [4.78, 5) is 10.3. The topological polar surface area (TPSA) is 158 Å². The molecule has 0 spiro atoms. The van der Waals surface area contributed by atoms with Crippen LogP contribution in [0.1, 0.15) is 60.4 Å². The van der Waals surface area contributed by atoms with Crippen molar-refractivity contribution in [2.24, 2.45) is 15.4 Å². The van der Waals surface area contributed by atoms with Crippen LogP contribution in [0.2, 0.25) is 0 Å². The van der Waals surface area contributed by atoms with Gasteiger partial charge in [-0.2, -0.15) is 26.3 Å². The third-order valence-corrected chi connectivity index (χ3v) is 8.87. The van der Waals surface area contributed by atoms with Gasteiger partial charge in [0.25, 0.3) is 0 Å². The molecule has 2 heterocycles. The summed E-state index contributed by atoms with van der Waals surface area (Å²) >= 11 is 0. The average Bonchev–Trinajstić information content (AvgIpc) is 3.76. The van der Waals surface area contributed by atoms with Gasteiger partial charge in [-0.25, -0.2) is 26.8 Å². The second-order valence-electron chi connectivity index (χ2n) is 11.9. The van der Waals surface area contributed by atoms with E-state index in [4.69, 9.17) is 45.4 Å². The molecule has 293 valence electrons. The Balaban J connectivity index is 0.000000388. The van der Waals surface area contributed by atoms with E-state index in [0.29, 0.717) is 11.8 Å². The van der Waals surface area contributed by atoms with Gasteiger partial charge in [0.2, 0.25) is 0 Å². The number of aliphatic imine (C=N–C) groups is 2. The van der Waals surface area contributed by atoms with E-state index in [1.54, 1.807) is 0 Å². The van der Waals surface area contributed by atoms with E-state index in [1.165, 1.54) is 0 Å². The maximum Gasteiger partial charge on any atom is 2.00 e. The molecule has 0 amide bonds. The summed E-state index contributed by atoms with van der Waals surface area (Å²) in [7, 11) is -12.2. The van der Waals surface area contributed by atoms with Crippen LogP contribution in [0.25, 0.3) is 0 Å². The van der Waals surface area contributed by atoms with Gasteiger partial charge in [0.1, 0.15) is 17.5 Å². The van der Waals surface area contributed by atoms with Gasteiger partial charge in [0.15, 0.2) is 44.2 Å². The number of hydrogen-bond donors (Lipinski definition) is 0. The summed E-state index contributed by atoms with van der Waals surface area (Å²) in [6, 6.07) is 41.1. The monoisotopic (exact) mass is 847 g/mol. The zero-order valence-electron chi connectivity index (χ0n) is 27.9. The van der Waals surface area contributed by atoms with Crippen LogP contribution in [0.5, 0.6) is 0 Å². The Morgan fingerprint density at radius 3 is 0.944 bits per heavy atom. The van der Waals surface area contributed by atoms with E-state index in [2.05, 4.69) is 86.6 Å². The number of hydrogen-bond acceptors (Lipinski definition) is 10. The van der Waals surface area contributed by atoms with Crippen molar-refractivity contribution >= 4 is 32.0 Å². The van der Waals surface area contributed by atoms with Gasteiger partial charge in [-0.1, -0.05) is 121 Å². The van der Waals surface area contributed by atoms with Crippen LogP contribution < -0.4 is 0 Å². The Labute approximate surface area is 317 Å². The molecule has 0 saturated carbocycles. The summed E-state index contributed by atoms with van der Waals surface area (Å²) in [5.41, 5.74) is -7.48. The van der Waals surface area contributed by atoms with Crippen LogP contribution in [0.3, 0.4) is 0 Å². The van der Waals surface area contributed by atoms with E-state index in [-0.39, 0.29) is 41.4 Å². The number of benzene rings is 4. The smallest absolute Gasteiger partial charge is 0.741 e. The van der Waals surface area contributed by atoms with Crippen LogP contribution in [0.4, 0.5) is 26.3 Å². The fourth-order valence-electron chi connectivity index (χ4n) is 5.11. The van der Waals surface area contributed by atoms with Crippen LogP contribution in [-0.2, 0) is 46.8 Å². The largest absolute Gasteiger partial charge is 2.00 e. The van der Waals surface area contributed by atoms with Gasteiger partial charge in [-0.05, 0) is 36.1 Å². The Morgan fingerprint density at radius 1 is 0.500 bits per heavy atom. The third kappa shape index (κ3) is 10.9. The standard InChI is InChI=1S/C33H30N2O2.2CHF3O3S.Cu/c1-33(2,31-34-27(23-15-7-3-8-16-23)29(36-31)25-19-11-5-12-20-25)32-35-28(24-17-9-4-10-18-24)30(37-32)26-21-13-6-14-22-26;2*2-1(3,4)8(5,6)7;/h3-22,27-30H,1-2H3;2*(H,5,6,7);/q;;;+2/p-2/t27-,28-,29+,30+;;;/m1.../s1. The van der Waals surface area contributed by atoms with Gasteiger partial charge in [0, 0.05) is 0 Å². The molecule has 54 heavy (non-hydrogen) atoms. The normalized spacial score (nSPS) is 20.0. The van der Waals surface area contributed by atoms with Crippen molar-refractivity contribution in [1.29, 1.82) is 0 Å². The Kier molecular flexibility index (Phi) is 14.3. The molecular formula is C35H30CuF6N2O8S2. The molecule has 2 aliphatic heterocycles. The molecule has 10 nitrogen and oxygen atoms in total. The first-order chi connectivity index (χ1) is 24.6. The minimum absolute atomic E-state index is 0. The molecule has 19 heteroatoms. The predicted octanol–water partition coefficient (Wildman–Crippen LogP) is 7.94. The van der Waals surface area contributed by atoms with Crippen molar-refractivity contribution < 1.29 is 78.8 Å². The molecule has 2 aliphatic rings. The molecule has 0 bridgehead atoms.